The van der Waals surface area contributed by atoms with Crippen LogP contribution in [0.15, 0.2) is 24.3 Å². The Morgan fingerprint density at radius 3 is 2.29 bits per heavy atom. The molecule has 0 saturated heterocycles. The molecule has 0 unspecified atom stereocenters. The first-order valence-corrected chi connectivity index (χ1v) is 9.87. The molecule has 1 aromatic carbocycles. The van der Waals surface area contributed by atoms with E-state index in [9.17, 15) is 0 Å². The van der Waals surface area contributed by atoms with Gasteiger partial charge in [0.25, 0.3) is 0 Å². The molecule has 0 aromatic heterocycles. The molecule has 1 aliphatic heterocycles. The molecule has 0 saturated carbocycles. The van der Waals surface area contributed by atoms with Crippen molar-refractivity contribution < 1.29 is 0 Å². The standard InChI is InChI=1S/C19H30BrN/c20-14-8-4-2-1-3-5-9-15-21-16-10-13-18-11-6-7-12-19(18)17-21/h6-7,11-12H,1-5,8-10,13-17H2. The van der Waals surface area contributed by atoms with E-state index in [1.807, 2.05) is 0 Å². The fraction of sp³-hybridized carbons (Fsp3) is 0.684. The fourth-order valence-corrected chi connectivity index (χ4v) is 3.67. The molecule has 1 nitrogen and oxygen atoms in total. The lowest BCUT2D eigenvalue weighted by Crippen LogP contribution is -2.24. The highest BCUT2D eigenvalue weighted by molar-refractivity contribution is 9.09. The number of rotatable bonds is 9. The van der Waals surface area contributed by atoms with Crippen LogP contribution in [0, 0.1) is 0 Å². The third kappa shape index (κ3) is 6.52. The number of alkyl halides is 1. The quantitative estimate of drug-likeness (QED) is 0.415. The van der Waals surface area contributed by atoms with Crippen LogP contribution >= 0.6 is 15.9 Å². The summed E-state index contributed by atoms with van der Waals surface area (Å²) in [4.78, 5) is 2.66. The SMILES string of the molecule is BrCCCCCCCCCN1CCCc2ccccc2C1. The lowest BCUT2D eigenvalue weighted by Gasteiger charge is -2.20. The van der Waals surface area contributed by atoms with Crippen molar-refractivity contribution in [3.05, 3.63) is 35.4 Å². The normalized spacial score (nSPS) is 15.7. The number of benzene rings is 1. The molecule has 1 heterocycles. The van der Waals surface area contributed by atoms with E-state index in [0.29, 0.717) is 0 Å². The van der Waals surface area contributed by atoms with Crippen LogP contribution in [0.5, 0.6) is 0 Å². The van der Waals surface area contributed by atoms with Gasteiger partial charge < -0.3 is 0 Å². The number of unbranched alkanes of at least 4 members (excludes halogenated alkanes) is 6. The Morgan fingerprint density at radius 1 is 0.857 bits per heavy atom. The van der Waals surface area contributed by atoms with Gasteiger partial charge in [0.2, 0.25) is 0 Å². The maximum absolute atomic E-state index is 3.50. The summed E-state index contributed by atoms with van der Waals surface area (Å²) in [5.74, 6) is 0. The molecule has 0 radical (unpaired) electrons. The Balaban J connectivity index is 1.59. The first kappa shape index (κ1) is 17.0. The van der Waals surface area contributed by atoms with E-state index in [1.54, 1.807) is 11.1 Å². The number of aryl methyl sites for hydroxylation is 1. The summed E-state index contributed by atoms with van der Waals surface area (Å²) in [6.45, 7) is 3.73. The van der Waals surface area contributed by atoms with Crippen LogP contribution in [0.3, 0.4) is 0 Å². The molecule has 0 spiro atoms. The predicted molar refractivity (Wildman–Crippen MR) is 96.2 cm³/mol. The van der Waals surface area contributed by atoms with E-state index >= 15 is 0 Å². The molecular formula is C19H30BrN. The largest absolute Gasteiger partial charge is 0.299 e. The minimum absolute atomic E-state index is 1.17. The molecule has 1 aromatic rings. The Kier molecular flexibility index (Phi) is 8.43. The van der Waals surface area contributed by atoms with Crippen molar-refractivity contribution in [3.8, 4) is 0 Å². The summed E-state index contributed by atoms with van der Waals surface area (Å²) in [6, 6.07) is 9.00. The highest BCUT2D eigenvalue weighted by Gasteiger charge is 2.13. The van der Waals surface area contributed by atoms with Crippen LogP contribution in [-0.2, 0) is 13.0 Å². The van der Waals surface area contributed by atoms with E-state index < -0.39 is 0 Å². The minimum atomic E-state index is 1.17. The lowest BCUT2D eigenvalue weighted by atomic mass is 10.0. The Hall–Kier alpha value is -0.340. The van der Waals surface area contributed by atoms with Crippen LogP contribution < -0.4 is 0 Å². The summed E-state index contributed by atoms with van der Waals surface area (Å²) in [5.41, 5.74) is 3.14. The zero-order valence-electron chi connectivity index (χ0n) is 13.3. The van der Waals surface area contributed by atoms with Crippen molar-refractivity contribution in [2.75, 3.05) is 18.4 Å². The van der Waals surface area contributed by atoms with Gasteiger partial charge in [-0.2, -0.15) is 0 Å². The van der Waals surface area contributed by atoms with Crippen molar-refractivity contribution in [1.82, 2.24) is 4.90 Å². The van der Waals surface area contributed by atoms with Gasteiger partial charge in [-0.3, -0.25) is 4.90 Å². The topological polar surface area (TPSA) is 3.24 Å². The average Bonchev–Trinajstić information content (AvgIpc) is 2.71. The van der Waals surface area contributed by atoms with Gasteiger partial charge in [0.05, 0.1) is 0 Å². The Labute approximate surface area is 139 Å². The Bertz CT molecular complexity index is 391. The smallest absolute Gasteiger partial charge is 0.0236 e. The van der Waals surface area contributed by atoms with Gasteiger partial charge in [0.1, 0.15) is 0 Å². The molecule has 1 aliphatic rings. The minimum Gasteiger partial charge on any atom is -0.299 e. The summed E-state index contributed by atoms with van der Waals surface area (Å²) in [6.07, 6.45) is 12.4. The van der Waals surface area contributed by atoms with Crippen LogP contribution in [0.2, 0.25) is 0 Å². The maximum atomic E-state index is 3.50. The number of hydrogen-bond donors (Lipinski definition) is 0. The van der Waals surface area contributed by atoms with Gasteiger partial charge in [-0.05, 0) is 49.9 Å². The van der Waals surface area contributed by atoms with E-state index in [-0.39, 0.29) is 0 Å². The van der Waals surface area contributed by atoms with Gasteiger partial charge in [0, 0.05) is 11.9 Å². The van der Waals surface area contributed by atoms with Crippen molar-refractivity contribution in [1.29, 1.82) is 0 Å². The zero-order valence-corrected chi connectivity index (χ0v) is 14.9. The predicted octanol–water partition coefficient (Wildman–Crippen LogP) is 5.56. The van der Waals surface area contributed by atoms with Crippen molar-refractivity contribution in [3.63, 3.8) is 0 Å². The van der Waals surface area contributed by atoms with Gasteiger partial charge in [-0.25, -0.2) is 0 Å². The third-order valence-corrected chi connectivity index (χ3v) is 5.10. The van der Waals surface area contributed by atoms with Crippen molar-refractivity contribution in [2.45, 2.75) is 64.3 Å². The molecule has 0 bridgehead atoms. The zero-order chi connectivity index (χ0) is 14.8. The summed E-state index contributed by atoms with van der Waals surface area (Å²) in [5, 5.41) is 1.17. The highest BCUT2D eigenvalue weighted by atomic mass is 79.9. The number of halogens is 1. The van der Waals surface area contributed by atoms with Crippen LogP contribution in [0.1, 0.15) is 62.5 Å². The summed E-state index contributed by atoms with van der Waals surface area (Å²) >= 11 is 3.50. The molecule has 118 valence electrons. The fourth-order valence-electron chi connectivity index (χ4n) is 3.27. The van der Waals surface area contributed by atoms with Crippen LogP contribution in [0.25, 0.3) is 0 Å². The molecular weight excluding hydrogens is 322 g/mol. The van der Waals surface area contributed by atoms with E-state index in [1.165, 1.54) is 82.8 Å². The number of hydrogen-bond acceptors (Lipinski definition) is 1. The van der Waals surface area contributed by atoms with E-state index in [2.05, 4.69) is 45.1 Å². The monoisotopic (exact) mass is 351 g/mol. The molecule has 0 amide bonds. The maximum Gasteiger partial charge on any atom is 0.0236 e. The second-order valence-corrected chi connectivity index (χ2v) is 7.11. The second kappa shape index (κ2) is 10.4. The van der Waals surface area contributed by atoms with Crippen LogP contribution in [-0.4, -0.2) is 23.3 Å². The molecule has 0 N–H and O–H groups in total. The summed E-state index contributed by atoms with van der Waals surface area (Å²) in [7, 11) is 0. The van der Waals surface area contributed by atoms with E-state index in [0.717, 1.165) is 0 Å². The molecule has 21 heavy (non-hydrogen) atoms. The molecule has 0 fully saturated rings. The average molecular weight is 352 g/mol. The first-order valence-electron chi connectivity index (χ1n) is 8.75. The lowest BCUT2D eigenvalue weighted by molar-refractivity contribution is 0.262. The molecule has 2 rings (SSSR count). The van der Waals surface area contributed by atoms with Crippen molar-refractivity contribution >= 4 is 15.9 Å². The first-order chi connectivity index (χ1) is 10.4. The number of nitrogens with zero attached hydrogens (tertiary/aromatic N) is 1. The van der Waals surface area contributed by atoms with Gasteiger partial charge in [-0.15, -0.1) is 0 Å². The summed E-state index contributed by atoms with van der Waals surface area (Å²) < 4.78 is 0. The van der Waals surface area contributed by atoms with Gasteiger partial charge >= 0.3 is 0 Å². The van der Waals surface area contributed by atoms with Crippen LogP contribution in [0.4, 0.5) is 0 Å². The molecule has 2 heteroatoms. The Morgan fingerprint density at radius 2 is 1.52 bits per heavy atom. The third-order valence-electron chi connectivity index (χ3n) is 4.54. The highest BCUT2D eigenvalue weighted by Crippen LogP contribution is 2.19. The van der Waals surface area contributed by atoms with Crippen molar-refractivity contribution in [2.24, 2.45) is 0 Å². The molecule has 0 aliphatic carbocycles. The van der Waals surface area contributed by atoms with Gasteiger partial charge in [-0.1, -0.05) is 72.3 Å². The van der Waals surface area contributed by atoms with E-state index in [4.69, 9.17) is 0 Å². The second-order valence-electron chi connectivity index (χ2n) is 6.31. The number of fused-ring (bicyclic) bond motifs is 1. The van der Waals surface area contributed by atoms with Gasteiger partial charge in [0.15, 0.2) is 0 Å². The molecule has 0 atom stereocenters.